The standard InChI is InChI=1S/C12H19N5/c1-3-6-13-12-14-8-10-17(12)9-5-11-4-7-15-16(11)2/h4,7-8,10H,3,5-6,9H2,1-2H3,(H,13,14). The van der Waals surface area contributed by atoms with Gasteiger partial charge in [-0.25, -0.2) is 4.98 Å². The summed E-state index contributed by atoms with van der Waals surface area (Å²) in [5.41, 5.74) is 1.24. The monoisotopic (exact) mass is 233 g/mol. The number of aryl methyl sites for hydroxylation is 3. The van der Waals surface area contributed by atoms with E-state index < -0.39 is 0 Å². The van der Waals surface area contributed by atoms with Crippen molar-refractivity contribution in [1.29, 1.82) is 0 Å². The highest BCUT2D eigenvalue weighted by molar-refractivity contribution is 5.25. The first kappa shape index (κ1) is 11.7. The van der Waals surface area contributed by atoms with E-state index in [1.807, 2.05) is 30.3 Å². The van der Waals surface area contributed by atoms with Gasteiger partial charge in [-0.15, -0.1) is 0 Å². The molecule has 0 unspecified atom stereocenters. The van der Waals surface area contributed by atoms with Gasteiger partial charge >= 0.3 is 0 Å². The lowest BCUT2D eigenvalue weighted by Gasteiger charge is -2.09. The lowest BCUT2D eigenvalue weighted by molar-refractivity contribution is 0.639. The molecule has 0 amide bonds. The van der Waals surface area contributed by atoms with Crippen LogP contribution in [-0.2, 0) is 20.0 Å². The summed E-state index contributed by atoms with van der Waals surface area (Å²) in [4.78, 5) is 4.31. The zero-order valence-electron chi connectivity index (χ0n) is 10.4. The van der Waals surface area contributed by atoms with Gasteiger partial charge in [0.25, 0.3) is 0 Å². The molecule has 2 rings (SSSR count). The Morgan fingerprint density at radius 1 is 1.35 bits per heavy atom. The first-order chi connectivity index (χ1) is 8.31. The molecule has 0 fully saturated rings. The molecule has 5 nitrogen and oxygen atoms in total. The predicted molar refractivity (Wildman–Crippen MR) is 67.9 cm³/mol. The molecule has 0 spiro atoms. The number of hydrogen-bond acceptors (Lipinski definition) is 3. The summed E-state index contributed by atoms with van der Waals surface area (Å²) < 4.78 is 4.05. The maximum Gasteiger partial charge on any atom is 0.202 e. The van der Waals surface area contributed by atoms with Crippen LogP contribution < -0.4 is 5.32 Å². The van der Waals surface area contributed by atoms with Crippen LogP contribution in [0.5, 0.6) is 0 Å². The van der Waals surface area contributed by atoms with Gasteiger partial charge in [0.15, 0.2) is 0 Å². The van der Waals surface area contributed by atoms with Crippen LogP contribution in [0.15, 0.2) is 24.7 Å². The van der Waals surface area contributed by atoms with E-state index in [1.54, 1.807) is 0 Å². The molecule has 0 aliphatic carbocycles. The van der Waals surface area contributed by atoms with E-state index in [0.29, 0.717) is 0 Å². The molecule has 17 heavy (non-hydrogen) atoms. The van der Waals surface area contributed by atoms with Gasteiger partial charge in [-0.3, -0.25) is 4.68 Å². The van der Waals surface area contributed by atoms with E-state index in [2.05, 4.69) is 33.0 Å². The Morgan fingerprint density at radius 2 is 2.24 bits per heavy atom. The lowest BCUT2D eigenvalue weighted by Crippen LogP contribution is -2.10. The molecule has 92 valence electrons. The fourth-order valence-corrected chi connectivity index (χ4v) is 1.78. The molecule has 0 radical (unpaired) electrons. The van der Waals surface area contributed by atoms with Crippen molar-refractivity contribution < 1.29 is 0 Å². The second-order valence-corrected chi connectivity index (χ2v) is 4.07. The minimum atomic E-state index is 0.922. The van der Waals surface area contributed by atoms with Crippen molar-refractivity contribution in [3.8, 4) is 0 Å². The number of nitrogens with zero attached hydrogens (tertiary/aromatic N) is 4. The first-order valence-corrected chi connectivity index (χ1v) is 6.03. The Bertz CT molecular complexity index is 457. The highest BCUT2D eigenvalue weighted by Gasteiger charge is 2.03. The lowest BCUT2D eigenvalue weighted by atomic mass is 10.3. The summed E-state index contributed by atoms with van der Waals surface area (Å²) in [7, 11) is 1.97. The second kappa shape index (κ2) is 5.52. The highest BCUT2D eigenvalue weighted by Crippen LogP contribution is 2.07. The molecule has 2 heterocycles. The maximum absolute atomic E-state index is 4.31. The molecule has 0 bridgehead atoms. The van der Waals surface area contributed by atoms with E-state index in [0.717, 1.165) is 31.9 Å². The van der Waals surface area contributed by atoms with Crippen LogP contribution in [0.1, 0.15) is 19.0 Å². The number of nitrogens with one attached hydrogen (secondary N) is 1. The van der Waals surface area contributed by atoms with Gasteiger partial charge in [0.05, 0.1) is 0 Å². The Morgan fingerprint density at radius 3 is 2.94 bits per heavy atom. The fraction of sp³-hybridized carbons (Fsp3) is 0.500. The van der Waals surface area contributed by atoms with Crippen molar-refractivity contribution in [2.24, 2.45) is 7.05 Å². The maximum atomic E-state index is 4.31. The average Bonchev–Trinajstić information content (AvgIpc) is 2.93. The normalized spacial score (nSPS) is 10.7. The van der Waals surface area contributed by atoms with E-state index >= 15 is 0 Å². The number of aromatic nitrogens is 4. The molecule has 2 aromatic heterocycles. The predicted octanol–water partition coefficient (Wildman–Crippen LogP) is 1.68. The first-order valence-electron chi connectivity index (χ1n) is 6.03. The third-order valence-corrected chi connectivity index (χ3v) is 2.78. The van der Waals surface area contributed by atoms with Crippen LogP contribution >= 0.6 is 0 Å². The summed E-state index contributed by atoms with van der Waals surface area (Å²) in [6, 6.07) is 2.05. The topological polar surface area (TPSA) is 47.7 Å². The Labute approximate surface area is 101 Å². The minimum absolute atomic E-state index is 0.922. The summed E-state index contributed by atoms with van der Waals surface area (Å²) in [6.07, 6.45) is 7.75. The Hall–Kier alpha value is -1.78. The number of hydrogen-bond donors (Lipinski definition) is 1. The molecule has 5 heteroatoms. The summed E-state index contributed by atoms with van der Waals surface area (Å²) in [5.74, 6) is 0.953. The SMILES string of the molecule is CCCNc1nccn1CCc1ccnn1C. The van der Waals surface area contributed by atoms with Crippen LogP contribution in [0.3, 0.4) is 0 Å². The number of rotatable bonds is 6. The van der Waals surface area contributed by atoms with Crippen molar-refractivity contribution in [2.75, 3.05) is 11.9 Å². The third kappa shape index (κ3) is 2.87. The van der Waals surface area contributed by atoms with Crippen LogP contribution in [0.2, 0.25) is 0 Å². The van der Waals surface area contributed by atoms with Gasteiger partial charge < -0.3 is 9.88 Å². The minimum Gasteiger partial charge on any atom is -0.356 e. The van der Waals surface area contributed by atoms with Crippen LogP contribution in [-0.4, -0.2) is 25.9 Å². The molecule has 2 aromatic rings. The van der Waals surface area contributed by atoms with Crippen molar-refractivity contribution in [1.82, 2.24) is 19.3 Å². The summed E-state index contributed by atoms with van der Waals surface area (Å²) in [5, 5.41) is 7.48. The van der Waals surface area contributed by atoms with E-state index in [1.165, 1.54) is 5.69 Å². The Kier molecular flexibility index (Phi) is 3.80. The smallest absolute Gasteiger partial charge is 0.202 e. The molecule has 0 saturated carbocycles. The number of anilines is 1. The summed E-state index contributed by atoms with van der Waals surface area (Å²) >= 11 is 0. The van der Waals surface area contributed by atoms with Gasteiger partial charge in [0, 0.05) is 50.8 Å². The molecule has 1 N–H and O–H groups in total. The second-order valence-electron chi connectivity index (χ2n) is 4.07. The van der Waals surface area contributed by atoms with E-state index in [9.17, 15) is 0 Å². The van der Waals surface area contributed by atoms with Crippen LogP contribution in [0.25, 0.3) is 0 Å². The van der Waals surface area contributed by atoms with Gasteiger partial charge in [-0.2, -0.15) is 5.10 Å². The largest absolute Gasteiger partial charge is 0.356 e. The van der Waals surface area contributed by atoms with Gasteiger partial charge in [0.1, 0.15) is 0 Å². The third-order valence-electron chi connectivity index (χ3n) is 2.78. The Balaban J connectivity index is 1.95. The number of imidazole rings is 1. The van der Waals surface area contributed by atoms with Gasteiger partial charge in [-0.1, -0.05) is 6.92 Å². The molecule has 0 aliphatic rings. The van der Waals surface area contributed by atoms with Crippen LogP contribution in [0.4, 0.5) is 5.95 Å². The average molecular weight is 233 g/mol. The fourth-order valence-electron chi connectivity index (χ4n) is 1.78. The van der Waals surface area contributed by atoms with Crippen molar-refractivity contribution in [3.05, 3.63) is 30.4 Å². The molecule has 0 aliphatic heterocycles. The van der Waals surface area contributed by atoms with Gasteiger partial charge in [-0.05, 0) is 12.5 Å². The molecule has 0 aromatic carbocycles. The van der Waals surface area contributed by atoms with E-state index in [4.69, 9.17) is 0 Å². The van der Waals surface area contributed by atoms with Crippen molar-refractivity contribution in [3.63, 3.8) is 0 Å². The zero-order valence-corrected chi connectivity index (χ0v) is 10.4. The van der Waals surface area contributed by atoms with Crippen molar-refractivity contribution in [2.45, 2.75) is 26.3 Å². The van der Waals surface area contributed by atoms with E-state index in [-0.39, 0.29) is 0 Å². The molecular weight excluding hydrogens is 214 g/mol. The molecule has 0 atom stereocenters. The van der Waals surface area contributed by atoms with Crippen LogP contribution in [0, 0.1) is 0 Å². The molecule has 0 saturated heterocycles. The van der Waals surface area contributed by atoms with Gasteiger partial charge in [0.2, 0.25) is 5.95 Å². The highest BCUT2D eigenvalue weighted by atomic mass is 15.3. The zero-order chi connectivity index (χ0) is 12.1. The molecular formula is C12H19N5. The quantitative estimate of drug-likeness (QED) is 0.825. The van der Waals surface area contributed by atoms with Crippen molar-refractivity contribution >= 4 is 5.95 Å². The summed E-state index contributed by atoms with van der Waals surface area (Å²) in [6.45, 7) is 4.03.